The molecule has 4 nitrogen and oxygen atoms in total. The summed E-state index contributed by atoms with van der Waals surface area (Å²) >= 11 is 1.99. The van der Waals surface area contributed by atoms with Crippen molar-refractivity contribution in [2.75, 3.05) is 25.6 Å². The Hall–Kier alpha value is -2.50. The summed E-state index contributed by atoms with van der Waals surface area (Å²) in [6.07, 6.45) is 1.10. The van der Waals surface area contributed by atoms with Gasteiger partial charge in [-0.2, -0.15) is 0 Å². The molecule has 1 saturated heterocycles. The van der Waals surface area contributed by atoms with Gasteiger partial charge in [-0.15, -0.1) is 11.8 Å². The van der Waals surface area contributed by atoms with E-state index in [1.165, 1.54) is 16.3 Å². The molecule has 5 heteroatoms. The van der Waals surface area contributed by atoms with Crippen LogP contribution >= 0.6 is 11.8 Å². The Labute approximate surface area is 176 Å². The SMILES string of the molecule is CC(=NOCCOc1ccc(CC2CNCS2)cc1)c1ccc2ccccc2c1. The van der Waals surface area contributed by atoms with Gasteiger partial charge in [0.15, 0.2) is 6.61 Å². The zero-order chi connectivity index (χ0) is 19.9. The van der Waals surface area contributed by atoms with Crippen LogP contribution in [0.4, 0.5) is 0 Å². The molecule has 1 atom stereocenters. The number of thioether (sulfide) groups is 1. The fourth-order valence-corrected chi connectivity index (χ4v) is 4.40. The third-order valence-electron chi connectivity index (χ3n) is 4.99. The molecule has 1 fully saturated rings. The summed E-state index contributed by atoms with van der Waals surface area (Å²) in [6.45, 7) is 3.94. The lowest BCUT2D eigenvalue weighted by Gasteiger charge is -2.09. The third kappa shape index (κ3) is 5.52. The highest BCUT2D eigenvalue weighted by molar-refractivity contribution is 8.00. The largest absolute Gasteiger partial charge is 0.490 e. The van der Waals surface area contributed by atoms with E-state index in [4.69, 9.17) is 9.57 Å². The summed E-state index contributed by atoms with van der Waals surface area (Å²) in [6, 6.07) is 23.0. The van der Waals surface area contributed by atoms with E-state index >= 15 is 0 Å². The van der Waals surface area contributed by atoms with Gasteiger partial charge in [-0.05, 0) is 53.4 Å². The maximum absolute atomic E-state index is 5.76. The molecule has 0 radical (unpaired) electrons. The van der Waals surface area contributed by atoms with Gasteiger partial charge in [0.2, 0.25) is 0 Å². The van der Waals surface area contributed by atoms with Gasteiger partial charge in [0, 0.05) is 17.7 Å². The number of benzene rings is 3. The molecule has 0 aromatic heterocycles. The van der Waals surface area contributed by atoms with Gasteiger partial charge in [-0.3, -0.25) is 0 Å². The van der Waals surface area contributed by atoms with Crippen LogP contribution in [0.3, 0.4) is 0 Å². The van der Waals surface area contributed by atoms with Crippen LogP contribution in [-0.2, 0) is 11.3 Å². The predicted molar refractivity (Wildman–Crippen MR) is 122 cm³/mol. The predicted octanol–water partition coefficient (Wildman–Crippen LogP) is 4.86. The van der Waals surface area contributed by atoms with Gasteiger partial charge >= 0.3 is 0 Å². The molecule has 3 aromatic carbocycles. The van der Waals surface area contributed by atoms with Gasteiger partial charge < -0.3 is 14.9 Å². The van der Waals surface area contributed by atoms with Crippen molar-refractivity contribution in [1.29, 1.82) is 0 Å². The fourth-order valence-electron chi connectivity index (χ4n) is 3.38. The van der Waals surface area contributed by atoms with Crippen LogP contribution in [0.5, 0.6) is 5.75 Å². The van der Waals surface area contributed by atoms with Crippen molar-refractivity contribution in [3.63, 3.8) is 0 Å². The van der Waals surface area contributed by atoms with E-state index in [1.807, 2.05) is 43.0 Å². The fraction of sp³-hybridized carbons (Fsp3) is 0.292. The van der Waals surface area contributed by atoms with E-state index in [2.05, 4.69) is 52.9 Å². The molecule has 0 bridgehead atoms. The molecule has 4 rings (SSSR count). The molecule has 0 aliphatic carbocycles. The quantitative estimate of drug-likeness (QED) is 0.329. The minimum Gasteiger partial charge on any atom is -0.490 e. The number of hydrogen-bond donors (Lipinski definition) is 1. The van der Waals surface area contributed by atoms with Crippen molar-refractivity contribution in [2.45, 2.75) is 18.6 Å². The van der Waals surface area contributed by atoms with Crippen LogP contribution in [0.1, 0.15) is 18.1 Å². The van der Waals surface area contributed by atoms with E-state index in [9.17, 15) is 0 Å². The number of nitrogens with one attached hydrogen (secondary N) is 1. The highest BCUT2D eigenvalue weighted by atomic mass is 32.2. The third-order valence-corrected chi connectivity index (χ3v) is 6.17. The highest BCUT2D eigenvalue weighted by Crippen LogP contribution is 2.21. The highest BCUT2D eigenvalue weighted by Gasteiger charge is 2.15. The number of nitrogens with zero attached hydrogens (tertiary/aromatic N) is 1. The van der Waals surface area contributed by atoms with Crippen molar-refractivity contribution < 1.29 is 9.57 Å². The second kappa shape index (κ2) is 9.81. The maximum atomic E-state index is 5.76. The summed E-state index contributed by atoms with van der Waals surface area (Å²) in [5.41, 5.74) is 3.28. The summed E-state index contributed by atoms with van der Waals surface area (Å²) < 4.78 is 5.76. The van der Waals surface area contributed by atoms with Gasteiger partial charge in [0.05, 0.1) is 5.71 Å². The molecule has 1 N–H and O–H groups in total. The molecule has 0 saturated carbocycles. The summed E-state index contributed by atoms with van der Waals surface area (Å²) in [4.78, 5) is 5.45. The first-order valence-corrected chi connectivity index (χ1v) is 11.0. The van der Waals surface area contributed by atoms with Crippen molar-refractivity contribution >= 4 is 28.2 Å². The van der Waals surface area contributed by atoms with Crippen LogP contribution in [0.25, 0.3) is 10.8 Å². The Morgan fingerprint density at radius 3 is 2.66 bits per heavy atom. The standard InChI is InChI=1S/C24H26N2O2S/c1-18(21-9-8-20-4-2-3-5-22(20)15-21)26-28-13-12-27-23-10-6-19(7-11-23)14-24-16-25-17-29-24/h2-11,15,24-25H,12-14,16-17H2,1H3. The maximum Gasteiger partial charge on any atom is 0.151 e. The van der Waals surface area contributed by atoms with E-state index in [0.717, 1.165) is 35.9 Å². The molecule has 1 aliphatic rings. The summed E-state index contributed by atoms with van der Waals surface area (Å²) in [5, 5.41) is 10.7. The van der Waals surface area contributed by atoms with Crippen molar-refractivity contribution in [1.82, 2.24) is 5.32 Å². The molecular weight excluding hydrogens is 380 g/mol. The topological polar surface area (TPSA) is 42.9 Å². The van der Waals surface area contributed by atoms with Crippen molar-refractivity contribution in [3.8, 4) is 5.75 Å². The van der Waals surface area contributed by atoms with Crippen molar-refractivity contribution in [3.05, 3.63) is 77.9 Å². The van der Waals surface area contributed by atoms with Crippen LogP contribution < -0.4 is 10.1 Å². The first kappa shape index (κ1) is 19.8. The lowest BCUT2D eigenvalue weighted by molar-refractivity contribution is 0.107. The zero-order valence-corrected chi connectivity index (χ0v) is 17.5. The minimum absolute atomic E-state index is 0.414. The van der Waals surface area contributed by atoms with E-state index in [1.54, 1.807) is 0 Å². The normalized spacial score (nSPS) is 16.9. The first-order valence-electron chi connectivity index (χ1n) is 9.98. The molecule has 150 valence electrons. The summed E-state index contributed by atoms with van der Waals surface area (Å²) in [5.74, 6) is 1.93. The number of fused-ring (bicyclic) bond motifs is 1. The van der Waals surface area contributed by atoms with E-state index in [-0.39, 0.29) is 0 Å². The first-order chi connectivity index (χ1) is 14.3. The monoisotopic (exact) mass is 406 g/mol. The number of hydrogen-bond acceptors (Lipinski definition) is 5. The van der Waals surface area contributed by atoms with Gasteiger partial charge in [-0.25, -0.2) is 0 Å². The molecule has 29 heavy (non-hydrogen) atoms. The molecule has 1 heterocycles. The minimum atomic E-state index is 0.414. The smallest absolute Gasteiger partial charge is 0.151 e. The summed E-state index contributed by atoms with van der Waals surface area (Å²) in [7, 11) is 0. The Morgan fingerprint density at radius 1 is 1.03 bits per heavy atom. The van der Waals surface area contributed by atoms with E-state index < -0.39 is 0 Å². The number of ether oxygens (including phenoxy) is 1. The average Bonchev–Trinajstić information content (AvgIpc) is 3.27. The molecule has 3 aromatic rings. The lowest BCUT2D eigenvalue weighted by Crippen LogP contribution is -2.14. The van der Waals surface area contributed by atoms with Gasteiger partial charge in [0.25, 0.3) is 0 Å². The molecule has 0 amide bonds. The zero-order valence-electron chi connectivity index (χ0n) is 16.6. The molecule has 0 spiro atoms. The number of rotatable bonds is 8. The lowest BCUT2D eigenvalue weighted by atomic mass is 10.0. The van der Waals surface area contributed by atoms with Crippen molar-refractivity contribution in [2.24, 2.45) is 5.16 Å². The Morgan fingerprint density at radius 2 is 1.86 bits per heavy atom. The Bertz CT molecular complexity index is 966. The second-order valence-electron chi connectivity index (χ2n) is 7.16. The average molecular weight is 407 g/mol. The molecule has 1 unspecified atom stereocenters. The Balaban J connectivity index is 1.22. The second-order valence-corrected chi connectivity index (χ2v) is 8.44. The van der Waals surface area contributed by atoms with Crippen LogP contribution in [0.15, 0.2) is 71.9 Å². The number of oxime groups is 1. The van der Waals surface area contributed by atoms with Crippen LogP contribution in [0, 0.1) is 0 Å². The van der Waals surface area contributed by atoms with Crippen LogP contribution in [-0.4, -0.2) is 36.6 Å². The van der Waals surface area contributed by atoms with Gasteiger partial charge in [-0.1, -0.05) is 53.7 Å². The van der Waals surface area contributed by atoms with E-state index in [0.29, 0.717) is 18.5 Å². The van der Waals surface area contributed by atoms with Gasteiger partial charge in [0.1, 0.15) is 12.4 Å². The molecular formula is C24H26N2O2S. The molecule has 1 aliphatic heterocycles. The Kier molecular flexibility index (Phi) is 6.70. The van der Waals surface area contributed by atoms with Crippen LogP contribution in [0.2, 0.25) is 0 Å².